The van der Waals surface area contributed by atoms with Gasteiger partial charge < -0.3 is 15.6 Å². The fourth-order valence-corrected chi connectivity index (χ4v) is 3.21. The lowest BCUT2D eigenvalue weighted by molar-refractivity contribution is 0.0962. The standard InChI is InChI=1S/C23H21N5O2/c1-24-23(30)18-14-27-22-17(21(18)29)9-10-19(28-22)16-7-5-15(6-8-16)11-13-26-20-4-2-3-12-25-20/h2-10,12,14H,11,13H2,1H3,(H,24,30)(H,25,26)(H,27,28,29). The molecular formula is C23H21N5O2. The number of carbonyl (C=O) groups excluding carboxylic acids is 1. The Kier molecular flexibility index (Phi) is 5.52. The van der Waals surface area contributed by atoms with Gasteiger partial charge in [0.2, 0.25) is 5.43 Å². The number of hydrogen-bond donors (Lipinski definition) is 3. The average molecular weight is 399 g/mol. The van der Waals surface area contributed by atoms with Gasteiger partial charge >= 0.3 is 0 Å². The largest absolute Gasteiger partial charge is 0.370 e. The summed E-state index contributed by atoms with van der Waals surface area (Å²) in [6.07, 6.45) is 4.04. The van der Waals surface area contributed by atoms with Crippen LogP contribution in [0.2, 0.25) is 0 Å². The Balaban J connectivity index is 1.49. The van der Waals surface area contributed by atoms with Crippen molar-refractivity contribution >= 4 is 22.8 Å². The van der Waals surface area contributed by atoms with Crippen molar-refractivity contribution in [2.45, 2.75) is 6.42 Å². The molecule has 3 heterocycles. The molecule has 7 nitrogen and oxygen atoms in total. The molecule has 0 saturated heterocycles. The van der Waals surface area contributed by atoms with Gasteiger partial charge in [-0.25, -0.2) is 9.97 Å². The molecule has 7 heteroatoms. The summed E-state index contributed by atoms with van der Waals surface area (Å²) in [5, 5.41) is 6.15. The number of rotatable bonds is 6. The smallest absolute Gasteiger partial charge is 0.256 e. The summed E-state index contributed by atoms with van der Waals surface area (Å²) in [6, 6.07) is 17.4. The van der Waals surface area contributed by atoms with E-state index in [1.807, 2.05) is 30.3 Å². The van der Waals surface area contributed by atoms with Crippen LogP contribution in [0.5, 0.6) is 0 Å². The van der Waals surface area contributed by atoms with E-state index in [4.69, 9.17) is 0 Å². The van der Waals surface area contributed by atoms with E-state index in [0.717, 1.165) is 30.0 Å². The fourth-order valence-electron chi connectivity index (χ4n) is 3.21. The number of nitrogens with zero attached hydrogens (tertiary/aromatic N) is 2. The molecule has 0 atom stereocenters. The lowest BCUT2D eigenvalue weighted by Gasteiger charge is -2.07. The number of aromatic nitrogens is 3. The lowest BCUT2D eigenvalue weighted by atomic mass is 10.1. The predicted octanol–water partition coefficient (Wildman–Crippen LogP) is 3.00. The van der Waals surface area contributed by atoms with E-state index in [9.17, 15) is 9.59 Å². The molecule has 150 valence electrons. The molecular weight excluding hydrogens is 378 g/mol. The van der Waals surface area contributed by atoms with E-state index in [1.165, 1.54) is 18.8 Å². The van der Waals surface area contributed by atoms with Gasteiger partial charge in [-0.3, -0.25) is 9.59 Å². The number of nitrogens with one attached hydrogen (secondary N) is 3. The van der Waals surface area contributed by atoms with Gasteiger partial charge in [-0.05, 0) is 36.2 Å². The second kappa shape index (κ2) is 8.57. The second-order valence-corrected chi connectivity index (χ2v) is 6.79. The minimum absolute atomic E-state index is 0.0724. The first-order chi connectivity index (χ1) is 14.7. The third kappa shape index (κ3) is 4.05. The Labute approximate surface area is 173 Å². The summed E-state index contributed by atoms with van der Waals surface area (Å²) in [6.45, 7) is 0.791. The first kappa shape index (κ1) is 19.3. The second-order valence-electron chi connectivity index (χ2n) is 6.79. The van der Waals surface area contributed by atoms with Crippen molar-refractivity contribution in [1.82, 2.24) is 20.3 Å². The molecule has 1 amide bonds. The van der Waals surface area contributed by atoms with Crippen molar-refractivity contribution in [1.29, 1.82) is 0 Å². The summed E-state index contributed by atoms with van der Waals surface area (Å²) in [4.78, 5) is 36.0. The zero-order chi connectivity index (χ0) is 20.9. The highest BCUT2D eigenvalue weighted by Crippen LogP contribution is 2.20. The van der Waals surface area contributed by atoms with Gasteiger partial charge in [0, 0.05) is 31.5 Å². The molecule has 0 saturated carbocycles. The molecule has 0 aliphatic carbocycles. The van der Waals surface area contributed by atoms with Crippen molar-refractivity contribution in [3.8, 4) is 11.3 Å². The molecule has 3 N–H and O–H groups in total. The minimum Gasteiger partial charge on any atom is -0.370 e. The quantitative estimate of drug-likeness (QED) is 0.463. The summed E-state index contributed by atoms with van der Waals surface area (Å²) in [7, 11) is 1.49. The van der Waals surface area contributed by atoms with Crippen LogP contribution in [0.25, 0.3) is 22.3 Å². The Morgan fingerprint density at radius 2 is 1.90 bits per heavy atom. The number of fused-ring (bicyclic) bond motifs is 1. The molecule has 4 rings (SSSR count). The SMILES string of the molecule is CNC(=O)c1c[nH]c2nc(-c3ccc(CCNc4ccccn4)cc3)ccc2c1=O. The van der Waals surface area contributed by atoms with E-state index >= 15 is 0 Å². The number of H-pyrrole nitrogens is 1. The van der Waals surface area contributed by atoms with Gasteiger partial charge in [-0.1, -0.05) is 30.3 Å². The van der Waals surface area contributed by atoms with Gasteiger partial charge in [0.15, 0.2) is 0 Å². The number of anilines is 1. The third-order valence-electron chi connectivity index (χ3n) is 4.84. The number of carbonyl (C=O) groups is 1. The first-order valence-electron chi connectivity index (χ1n) is 9.64. The van der Waals surface area contributed by atoms with Gasteiger partial charge in [0.1, 0.15) is 17.0 Å². The average Bonchev–Trinajstić information content (AvgIpc) is 2.80. The Bertz CT molecular complexity index is 1230. The van der Waals surface area contributed by atoms with E-state index in [1.54, 1.807) is 18.3 Å². The first-order valence-corrected chi connectivity index (χ1v) is 9.64. The maximum Gasteiger partial charge on any atom is 0.256 e. The van der Waals surface area contributed by atoms with Crippen LogP contribution >= 0.6 is 0 Å². The van der Waals surface area contributed by atoms with Crippen molar-refractivity contribution < 1.29 is 4.79 Å². The van der Waals surface area contributed by atoms with Crippen LogP contribution < -0.4 is 16.1 Å². The molecule has 3 aromatic heterocycles. The van der Waals surface area contributed by atoms with Crippen LogP contribution in [0, 0.1) is 0 Å². The van der Waals surface area contributed by atoms with Crippen LogP contribution in [0.1, 0.15) is 15.9 Å². The zero-order valence-corrected chi connectivity index (χ0v) is 16.5. The number of aromatic amines is 1. The number of pyridine rings is 3. The predicted molar refractivity (Wildman–Crippen MR) is 118 cm³/mol. The maximum atomic E-state index is 12.5. The highest BCUT2D eigenvalue weighted by Gasteiger charge is 2.12. The topological polar surface area (TPSA) is 99.8 Å². The molecule has 1 aromatic carbocycles. The van der Waals surface area contributed by atoms with Gasteiger partial charge in [-0.2, -0.15) is 0 Å². The number of hydrogen-bond acceptors (Lipinski definition) is 5. The highest BCUT2D eigenvalue weighted by atomic mass is 16.2. The van der Waals surface area contributed by atoms with Crippen LogP contribution in [0.15, 0.2) is 71.8 Å². The molecule has 4 aromatic rings. The van der Waals surface area contributed by atoms with Crippen LogP contribution in [0.3, 0.4) is 0 Å². The molecule has 0 radical (unpaired) electrons. The normalized spacial score (nSPS) is 10.7. The van der Waals surface area contributed by atoms with Gasteiger partial charge in [-0.15, -0.1) is 0 Å². The summed E-state index contributed by atoms with van der Waals surface area (Å²) < 4.78 is 0. The lowest BCUT2D eigenvalue weighted by Crippen LogP contribution is -2.25. The molecule has 0 fully saturated rings. The van der Waals surface area contributed by atoms with Gasteiger partial charge in [0.05, 0.1) is 11.1 Å². The summed E-state index contributed by atoms with van der Waals surface area (Å²) in [5.74, 6) is 0.443. The molecule has 0 bridgehead atoms. The summed E-state index contributed by atoms with van der Waals surface area (Å²) in [5.41, 5.74) is 3.10. The van der Waals surface area contributed by atoms with Crippen molar-refractivity contribution in [2.75, 3.05) is 18.9 Å². The number of amides is 1. The zero-order valence-electron chi connectivity index (χ0n) is 16.5. The Hall–Kier alpha value is -4.00. The maximum absolute atomic E-state index is 12.5. The number of benzene rings is 1. The highest BCUT2D eigenvalue weighted by molar-refractivity contribution is 5.96. The van der Waals surface area contributed by atoms with E-state index < -0.39 is 5.91 Å². The van der Waals surface area contributed by atoms with E-state index in [0.29, 0.717) is 11.0 Å². The third-order valence-corrected chi connectivity index (χ3v) is 4.84. The van der Waals surface area contributed by atoms with Crippen molar-refractivity contribution in [2.24, 2.45) is 0 Å². The molecule has 0 unspecified atom stereocenters. The van der Waals surface area contributed by atoms with Crippen LogP contribution in [-0.4, -0.2) is 34.5 Å². The minimum atomic E-state index is -0.421. The van der Waals surface area contributed by atoms with E-state index in [-0.39, 0.29) is 11.0 Å². The van der Waals surface area contributed by atoms with Gasteiger partial charge in [0.25, 0.3) is 5.91 Å². The molecule has 0 aliphatic rings. The van der Waals surface area contributed by atoms with Crippen LogP contribution in [0.4, 0.5) is 5.82 Å². The monoisotopic (exact) mass is 399 g/mol. The van der Waals surface area contributed by atoms with Crippen molar-refractivity contribution in [3.05, 3.63) is 88.3 Å². The van der Waals surface area contributed by atoms with E-state index in [2.05, 4.69) is 37.7 Å². The molecule has 30 heavy (non-hydrogen) atoms. The van der Waals surface area contributed by atoms with Crippen molar-refractivity contribution in [3.63, 3.8) is 0 Å². The fraction of sp³-hybridized carbons (Fsp3) is 0.130. The molecule has 0 spiro atoms. The molecule has 0 aliphatic heterocycles. The van der Waals surface area contributed by atoms with Crippen LogP contribution in [-0.2, 0) is 6.42 Å². The Morgan fingerprint density at radius 3 is 2.63 bits per heavy atom. The summed E-state index contributed by atoms with van der Waals surface area (Å²) >= 11 is 0. The Morgan fingerprint density at radius 1 is 1.07 bits per heavy atom.